The molecule has 4 rings (SSSR count). The van der Waals surface area contributed by atoms with E-state index in [1.807, 2.05) is 38.1 Å². The van der Waals surface area contributed by atoms with Gasteiger partial charge in [-0.2, -0.15) is 0 Å². The van der Waals surface area contributed by atoms with Crippen LogP contribution in [0.2, 0.25) is 0 Å². The van der Waals surface area contributed by atoms with E-state index in [1.165, 1.54) is 0 Å². The summed E-state index contributed by atoms with van der Waals surface area (Å²) in [5.41, 5.74) is 9.98. The molecule has 1 aliphatic rings. The van der Waals surface area contributed by atoms with E-state index in [4.69, 9.17) is 5.73 Å². The summed E-state index contributed by atoms with van der Waals surface area (Å²) < 4.78 is 0. The molecule has 33 heavy (non-hydrogen) atoms. The molecule has 2 aromatic carbocycles. The normalized spacial score (nSPS) is 14.3. The highest BCUT2D eigenvalue weighted by molar-refractivity contribution is 6.04. The number of carbonyl (C=O) groups excluding carboxylic acids is 3. The molecule has 0 spiro atoms. The van der Waals surface area contributed by atoms with Crippen molar-refractivity contribution in [3.8, 4) is 0 Å². The maximum Gasteiger partial charge on any atom is 0.255 e. The Bertz CT molecular complexity index is 1230. The molecule has 7 heteroatoms. The fourth-order valence-corrected chi connectivity index (χ4v) is 4.50. The zero-order valence-electron chi connectivity index (χ0n) is 18.9. The molecule has 3 N–H and O–H groups in total. The van der Waals surface area contributed by atoms with E-state index in [1.54, 1.807) is 29.2 Å². The fraction of sp³-hybridized carbons (Fsp3) is 0.308. The van der Waals surface area contributed by atoms with Crippen LogP contribution in [0.25, 0.3) is 10.9 Å². The molecule has 1 saturated heterocycles. The number of benzene rings is 2. The number of rotatable bonds is 5. The minimum Gasteiger partial charge on any atom is -0.369 e. The number of likely N-dealkylation sites (tertiary alicyclic amines) is 1. The van der Waals surface area contributed by atoms with Crippen LogP contribution in [0.1, 0.15) is 40.0 Å². The van der Waals surface area contributed by atoms with Crippen molar-refractivity contribution >= 4 is 34.3 Å². The Balaban J connectivity index is 1.51. The number of nitrogens with two attached hydrogens (primary N) is 1. The molecule has 3 aromatic rings. The van der Waals surface area contributed by atoms with Crippen LogP contribution in [0, 0.1) is 19.8 Å². The lowest BCUT2D eigenvalue weighted by atomic mass is 9.95. The minimum atomic E-state index is -0.316. The molecule has 1 aliphatic heterocycles. The van der Waals surface area contributed by atoms with Gasteiger partial charge in [-0.05, 0) is 56.0 Å². The van der Waals surface area contributed by atoms with Crippen LogP contribution in [0.15, 0.2) is 48.5 Å². The number of amides is 3. The molecule has 0 saturated carbocycles. The monoisotopic (exact) mass is 444 g/mol. The molecule has 0 unspecified atom stereocenters. The number of primary amides is 1. The van der Waals surface area contributed by atoms with Gasteiger partial charge < -0.3 is 16.0 Å². The lowest BCUT2D eigenvalue weighted by Gasteiger charge is -2.31. The second kappa shape index (κ2) is 9.40. The van der Waals surface area contributed by atoms with E-state index < -0.39 is 0 Å². The van der Waals surface area contributed by atoms with Crippen molar-refractivity contribution in [1.82, 2.24) is 9.88 Å². The molecule has 0 radical (unpaired) electrons. The van der Waals surface area contributed by atoms with Gasteiger partial charge in [0.15, 0.2) is 0 Å². The molecule has 1 aromatic heterocycles. The first-order valence-electron chi connectivity index (χ1n) is 11.2. The highest BCUT2D eigenvalue weighted by Crippen LogP contribution is 2.25. The Kier molecular flexibility index (Phi) is 6.40. The first-order chi connectivity index (χ1) is 15.8. The number of carbonyl (C=O) groups is 3. The third kappa shape index (κ3) is 4.72. The quantitative estimate of drug-likeness (QED) is 0.629. The van der Waals surface area contributed by atoms with Crippen LogP contribution < -0.4 is 11.1 Å². The van der Waals surface area contributed by atoms with Crippen molar-refractivity contribution in [2.45, 2.75) is 33.1 Å². The first-order valence-corrected chi connectivity index (χ1v) is 11.2. The second-order valence-electron chi connectivity index (χ2n) is 8.56. The molecule has 1 fully saturated rings. The lowest BCUT2D eigenvalue weighted by Crippen LogP contribution is -2.42. The largest absolute Gasteiger partial charge is 0.369 e. The molecular formula is C26H28N4O3. The third-order valence-electron chi connectivity index (χ3n) is 6.44. The zero-order chi connectivity index (χ0) is 23.5. The van der Waals surface area contributed by atoms with E-state index in [2.05, 4.69) is 10.3 Å². The van der Waals surface area contributed by atoms with Crippen molar-refractivity contribution in [3.63, 3.8) is 0 Å². The fourth-order valence-electron chi connectivity index (χ4n) is 4.50. The molecule has 3 amide bonds. The van der Waals surface area contributed by atoms with Crippen molar-refractivity contribution in [2.24, 2.45) is 11.7 Å². The van der Waals surface area contributed by atoms with Crippen molar-refractivity contribution in [3.05, 3.63) is 70.9 Å². The van der Waals surface area contributed by atoms with Gasteiger partial charge in [0.1, 0.15) is 0 Å². The Morgan fingerprint density at radius 2 is 1.70 bits per heavy atom. The number of fused-ring (bicyclic) bond motifs is 1. The molecule has 2 heterocycles. The maximum absolute atomic E-state index is 13.1. The zero-order valence-corrected chi connectivity index (χ0v) is 18.9. The summed E-state index contributed by atoms with van der Waals surface area (Å²) in [4.78, 5) is 43.9. The summed E-state index contributed by atoms with van der Waals surface area (Å²) >= 11 is 0. The van der Waals surface area contributed by atoms with E-state index in [9.17, 15) is 14.4 Å². The number of nitrogens with zero attached hydrogens (tertiary/aromatic N) is 2. The molecule has 0 bridgehead atoms. The maximum atomic E-state index is 13.1. The standard InChI is InChI=1S/C26H28N4O3/c1-16-19-7-3-5-9-22(19)28-17(2)21(16)15-24(31)29-23-10-6-4-8-20(23)26(33)30-13-11-18(12-14-30)25(27)32/h3-10,18H,11-15H2,1-2H3,(H2,27,32)(H,29,31). The Labute approximate surface area is 193 Å². The number of anilines is 1. The number of para-hydroxylation sites is 2. The van der Waals surface area contributed by atoms with Crippen LogP contribution in [-0.2, 0) is 16.0 Å². The third-order valence-corrected chi connectivity index (χ3v) is 6.44. The predicted molar refractivity (Wildman–Crippen MR) is 128 cm³/mol. The first kappa shape index (κ1) is 22.5. The Hall–Kier alpha value is -3.74. The molecule has 170 valence electrons. The number of pyridine rings is 1. The molecule has 7 nitrogen and oxygen atoms in total. The summed E-state index contributed by atoms with van der Waals surface area (Å²) in [5.74, 6) is -0.867. The highest BCUT2D eigenvalue weighted by Gasteiger charge is 2.27. The lowest BCUT2D eigenvalue weighted by molar-refractivity contribution is -0.123. The number of nitrogens with one attached hydrogen (secondary N) is 1. The molecule has 0 atom stereocenters. The van der Waals surface area contributed by atoms with Gasteiger partial charge >= 0.3 is 0 Å². The average Bonchev–Trinajstić information content (AvgIpc) is 2.82. The highest BCUT2D eigenvalue weighted by atomic mass is 16.2. The number of hydrogen-bond acceptors (Lipinski definition) is 4. The van der Waals surface area contributed by atoms with Crippen molar-refractivity contribution in [1.29, 1.82) is 0 Å². The molecule has 0 aliphatic carbocycles. The topological polar surface area (TPSA) is 105 Å². The number of aromatic nitrogens is 1. The number of piperidine rings is 1. The van der Waals surface area contributed by atoms with Gasteiger partial charge in [0, 0.05) is 30.1 Å². The molecular weight excluding hydrogens is 416 g/mol. The summed E-state index contributed by atoms with van der Waals surface area (Å²) in [6, 6.07) is 14.9. The second-order valence-corrected chi connectivity index (χ2v) is 8.56. The van der Waals surface area contributed by atoms with E-state index in [0.717, 1.165) is 27.7 Å². The van der Waals surface area contributed by atoms with E-state index in [0.29, 0.717) is 37.2 Å². The van der Waals surface area contributed by atoms with Gasteiger partial charge in [0.2, 0.25) is 11.8 Å². The van der Waals surface area contributed by atoms with Gasteiger partial charge in [0.25, 0.3) is 5.91 Å². The van der Waals surface area contributed by atoms with Crippen LogP contribution >= 0.6 is 0 Å². The Morgan fingerprint density at radius 1 is 1.03 bits per heavy atom. The minimum absolute atomic E-state index is 0.159. The van der Waals surface area contributed by atoms with Gasteiger partial charge in [-0.3, -0.25) is 19.4 Å². The number of aryl methyl sites for hydroxylation is 2. The van der Waals surface area contributed by atoms with Crippen molar-refractivity contribution < 1.29 is 14.4 Å². The van der Waals surface area contributed by atoms with Gasteiger partial charge in [-0.1, -0.05) is 30.3 Å². The average molecular weight is 445 g/mol. The van der Waals surface area contributed by atoms with Gasteiger partial charge in [-0.15, -0.1) is 0 Å². The predicted octanol–water partition coefficient (Wildman–Crippen LogP) is 3.37. The smallest absolute Gasteiger partial charge is 0.255 e. The van der Waals surface area contributed by atoms with Gasteiger partial charge in [-0.25, -0.2) is 0 Å². The van der Waals surface area contributed by atoms with Crippen LogP contribution in [0.5, 0.6) is 0 Å². The van der Waals surface area contributed by atoms with E-state index >= 15 is 0 Å². The van der Waals surface area contributed by atoms with Crippen LogP contribution in [-0.4, -0.2) is 40.7 Å². The van der Waals surface area contributed by atoms with Gasteiger partial charge in [0.05, 0.1) is 23.2 Å². The summed E-state index contributed by atoms with van der Waals surface area (Å²) in [6.07, 6.45) is 1.29. The SMILES string of the molecule is Cc1nc2ccccc2c(C)c1CC(=O)Nc1ccccc1C(=O)N1CCC(C(N)=O)CC1. The van der Waals surface area contributed by atoms with Crippen LogP contribution in [0.4, 0.5) is 5.69 Å². The summed E-state index contributed by atoms with van der Waals surface area (Å²) in [5, 5.41) is 3.95. The van der Waals surface area contributed by atoms with Crippen molar-refractivity contribution in [2.75, 3.05) is 18.4 Å². The van der Waals surface area contributed by atoms with Crippen LogP contribution in [0.3, 0.4) is 0 Å². The number of hydrogen-bond donors (Lipinski definition) is 2. The summed E-state index contributed by atoms with van der Waals surface area (Å²) in [6.45, 7) is 4.85. The Morgan fingerprint density at radius 3 is 2.42 bits per heavy atom. The van der Waals surface area contributed by atoms with E-state index in [-0.39, 0.29) is 30.1 Å². The summed E-state index contributed by atoms with van der Waals surface area (Å²) in [7, 11) is 0.